The van der Waals surface area contributed by atoms with Gasteiger partial charge in [-0.2, -0.15) is 4.31 Å². The first-order chi connectivity index (χ1) is 20.5. The highest BCUT2D eigenvalue weighted by Gasteiger charge is 2.53. The van der Waals surface area contributed by atoms with E-state index in [9.17, 15) is 38.7 Å². The highest BCUT2D eigenvalue weighted by molar-refractivity contribution is 7.89. The van der Waals surface area contributed by atoms with Crippen molar-refractivity contribution >= 4 is 16.0 Å². The van der Waals surface area contributed by atoms with E-state index < -0.39 is 64.6 Å². The average Bonchev–Trinajstić information content (AvgIpc) is 3.01. The number of phenols is 2. The Morgan fingerprint density at radius 3 is 2.23 bits per heavy atom. The number of aromatic hydroxyl groups is 2. The number of phenolic OH excluding ortho intramolecular Hbond substituents is 2. The molecule has 2 saturated heterocycles. The van der Waals surface area contributed by atoms with E-state index in [2.05, 4.69) is 0 Å². The van der Waals surface area contributed by atoms with Crippen molar-refractivity contribution in [3.63, 3.8) is 0 Å². The number of aliphatic hydroxyl groups excluding tert-OH is 3. The summed E-state index contributed by atoms with van der Waals surface area (Å²) in [7, 11) is 0.183. The van der Waals surface area contributed by atoms with Crippen LogP contribution in [0.2, 0.25) is 0 Å². The van der Waals surface area contributed by atoms with Gasteiger partial charge in [0.05, 0.1) is 38.4 Å². The van der Waals surface area contributed by atoms with Crippen molar-refractivity contribution < 1.29 is 62.4 Å². The summed E-state index contributed by atoms with van der Waals surface area (Å²) in [4.78, 5) is 15.1. The van der Waals surface area contributed by atoms with Crippen LogP contribution >= 0.6 is 0 Å². The average molecular weight is 627 g/mol. The molecular formula is C27H34N2O13S. The van der Waals surface area contributed by atoms with E-state index in [0.29, 0.717) is 5.75 Å². The Kier molecular flexibility index (Phi) is 8.63. The minimum absolute atomic E-state index is 0.0341. The Bertz CT molecular complexity index is 1490. The number of hydrogen-bond acceptors (Lipinski definition) is 14. The molecule has 3 aliphatic rings. The molecule has 2 aromatic rings. The van der Waals surface area contributed by atoms with E-state index in [0.717, 1.165) is 0 Å². The molecule has 2 fully saturated rings. The van der Waals surface area contributed by atoms with Gasteiger partial charge < -0.3 is 49.2 Å². The number of hydrogen-bond donors (Lipinski definition) is 5. The summed E-state index contributed by atoms with van der Waals surface area (Å²) in [5, 5.41) is 52.6. The van der Waals surface area contributed by atoms with Gasteiger partial charge in [-0.3, -0.25) is 4.90 Å². The zero-order chi connectivity index (χ0) is 31.2. The molecule has 3 aliphatic heterocycles. The smallest absolute Gasteiger partial charge is 0.339 e. The molecule has 5 atom stereocenters. The van der Waals surface area contributed by atoms with Crippen molar-refractivity contribution in [2.24, 2.45) is 0 Å². The molecule has 5 N–H and O–H groups in total. The van der Waals surface area contributed by atoms with Crippen LogP contribution in [0.25, 0.3) is 0 Å². The predicted octanol–water partition coefficient (Wildman–Crippen LogP) is -0.677. The summed E-state index contributed by atoms with van der Waals surface area (Å²) in [6.07, 6.45) is -7.13. The van der Waals surface area contributed by atoms with Crippen LogP contribution in [-0.2, 0) is 26.0 Å². The Labute approximate surface area is 247 Å². The number of sulfonamides is 1. The molecule has 5 rings (SSSR count). The largest absolute Gasteiger partial charge is 0.504 e. The molecule has 0 saturated carbocycles. The van der Waals surface area contributed by atoms with Crippen molar-refractivity contribution in [2.75, 3.05) is 54.1 Å². The second-order valence-electron chi connectivity index (χ2n) is 10.3. The van der Waals surface area contributed by atoms with Gasteiger partial charge in [-0.15, -0.1) is 0 Å². The van der Waals surface area contributed by atoms with Crippen molar-refractivity contribution in [3.05, 3.63) is 34.9 Å². The third-order valence-corrected chi connectivity index (χ3v) is 9.95. The van der Waals surface area contributed by atoms with Crippen molar-refractivity contribution in [1.29, 1.82) is 0 Å². The normalized spacial score (nSPS) is 26.3. The molecule has 0 aliphatic carbocycles. The van der Waals surface area contributed by atoms with Gasteiger partial charge in [-0.05, 0) is 12.1 Å². The Morgan fingerprint density at radius 2 is 1.63 bits per heavy atom. The molecule has 16 heteroatoms. The number of aliphatic hydroxyl groups is 3. The van der Waals surface area contributed by atoms with E-state index in [-0.39, 0.29) is 65.8 Å². The van der Waals surface area contributed by atoms with Crippen LogP contribution in [0.3, 0.4) is 0 Å². The minimum Gasteiger partial charge on any atom is -0.504 e. The molecule has 0 spiro atoms. The molecule has 2 aromatic carbocycles. The molecule has 0 amide bonds. The molecule has 15 nitrogen and oxygen atoms in total. The van der Waals surface area contributed by atoms with Crippen molar-refractivity contribution in [1.82, 2.24) is 9.21 Å². The predicted molar refractivity (Wildman–Crippen MR) is 146 cm³/mol. The molecule has 0 aromatic heterocycles. The summed E-state index contributed by atoms with van der Waals surface area (Å²) < 4.78 is 54.9. The number of piperazine rings is 1. The molecule has 0 bridgehead atoms. The summed E-state index contributed by atoms with van der Waals surface area (Å²) in [6.45, 7) is -0.0943. The number of rotatable bonds is 8. The summed E-state index contributed by atoms with van der Waals surface area (Å²) in [5.74, 6) is -1.80. The molecule has 43 heavy (non-hydrogen) atoms. The standard InChI is InChI=1S/C27H34N2O13S/c1-38-15-5-4-13(10-16(15)39-2)43(36,37)29-8-6-28(7-9-29)11-14-18-19(22(33)25(40-3)20(14)31)24-26(42-27(18)35)23(34)21(32)17(12-30)41-24/h4-5,10,17,21,23-24,26,30-34H,6-9,11-12H2,1-3H3/t17-,21-,23+,24?,26?/m1/s1. The zero-order valence-electron chi connectivity index (χ0n) is 23.7. The lowest BCUT2D eigenvalue weighted by Gasteiger charge is -2.45. The van der Waals surface area contributed by atoms with Gasteiger partial charge in [0.25, 0.3) is 0 Å². The van der Waals surface area contributed by atoms with Gasteiger partial charge in [0, 0.05) is 49.9 Å². The maximum atomic E-state index is 13.4. The van der Waals surface area contributed by atoms with E-state index in [1.165, 1.54) is 43.8 Å². The Hall–Kier alpha value is -3.38. The van der Waals surface area contributed by atoms with Gasteiger partial charge in [0.15, 0.2) is 29.1 Å². The van der Waals surface area contributed by atoms with Crippen LogP contribution in [0.15, 0.2) is 23.1 Å². The van der Waals surface area contributed by atoms with E-state index in [4.69, 9.17) is 23.7 Å². The Morgan fingerprint density at radius 1 is 0.953 bits per heavy atom. The Balaban J connectivity index is 1.42. The first-order valence-electron chi connectivity index (χ1n) is 13.4. The molecular weight excluding hydrogens is 592 g/mol. The lowest BCUT2D eigenvalue weighted by molar-refractivity contribution is -0.235. The highest BCUT2D eigenvalue weighted by Crippen LogP contribution is 2.52. The SMILES string of the molecule is COc1ccc(S(=O)(=O)N2CCN(Cc3c(O)c(OC)c(O)c4c3C(=O)OC3C4O[C@H](CO)[C@@H](O)[C@@H]3O)CC2)cc1OC. The lowest BCUT2D eigenvalue weighted by atomic mass is 9.84. The molecule has 0 radical (unpaired) electrons. The van der Waals surface area contributed by atoms with E-state index in [1.54, 1.807) is 0 Å². The van der Waals surface area contributed by atoms with Gasteiger partial charge in [-0.25, -0.2) is 13.2 Å². The fourth-order valence-corrected chi connectivity index (χ4v) is 7.18. The number of methoxy groups -OCH3 is 3. The van der Waals surface area contributed by atoms with E-state index >= 15 is 0 Å². The van der Waals surface area contributed by atoms with Crippen LogP contribution in [0.5, 0.6) is 28.7 Å². The first kappa shape index (κ1) is 31.1. The molecule has 3 heterocycles. The quantitative estimate of drug-likeness (QED) is 0.231. The number of esters is 1. The molecule has 236 valence electrons. The monoisotopic (exact) mass is 626 g/mol. The number of ether oxygens (including phenoxy) is 5. The van der Waals surface area contributed by atoms with Gasteiger partial charge in [0.2, 0.25) is 15.8 Å². The number of carbonyl (C=O) groups excluding carboxylic acids is 1. The fourth-order valence-electron chi connectivity index (χ4n) is 5.74. The van der Waals surface area contributed by atoms with Crippen molar-refractivity contribution in [2.45, 2.75) is 42.0 Å². The first-order valence-corrected chi connectivity index (χ1v) is 14.8. The lowest BCUT2D eigenvalue weighted by Crippen LogP contribution is -2.58. The summed E-state index contributed by atoms with van der Waals surface area (Å²) >= 11 is 0. The van der Waals surface area contributed by atoms with E-state index in [1.807, 2.05) is 4.90 Å². The second kappa shape index (κ2) is 12.0. The third-order valence-electron chi connectivity index (χ3n) is 8.05. The molecule has 2 unspecified atom stereocenters. The number of benzene rings is 2. The summed E-state index contributed by atoms with van der Waals surface area (Å²) in [6, 6.07) is 4.32. The van der Waals surface area contributed by atoms with Gasteiger partial charge in [0.1, 0.15) is 24.4 Å². The third kappa shape index (κ3) is 5.22. The van der Waals surface area contributed by atoms with Crippen LogP contribution in [0.1, 0.15) is 27.6 Å². The topological polar surface area (TPSA) is 205 Å². The van der Waals surface area contributed by atoms with Crippen LogP contribution in [-0.4, -0.2) is 128 Å². The maximum absolute atomic E-state index is 13.4. The summed E-state index contributed by atoms with van der Waals surface area (Å²) in [5.41, 5.74) is -0.295. The van der Waals surface area contributed by atoms with Crippen LogP contribution in [0, 0.1) is 0 Å². The van der Waals surface area contributed by atoms with Crippen molar-refractivity contribution in [3.8, 4) is 28.7 Å². The second-order valence-corrected chi connectivity index (χ2v) is 12.3. The number of nitrogens with zero attached hydrogens (tertiary/aromatic N) is 2. The maximum Gasteiger partial charge on any atom is 0.339 e. The minimum atomic E-state index is -3.88. The highest BCUT2D eigenvalue weighted by atomic mass is 32.2. The van der Waals surface area contributed by atoms with Crippen LogP contribution in [0.4, 0.5) is 0 Å². The van der Waals surface area contributed by atoms with Crippen LogP contribution < -0.4 is 14.2 Å². The number of fused-ring (bicyclic) bond motifs is 3. The fraction of sp³-hybridized carbons (Fsp3) is 0.519. The number of carbonyl (C=O) groups is 1. The van der Waals surface area contributed by atoms with Gasteiger partial charge >= 0.3 is 5.97 Å². The zero-order valence-corrected chi connectivity index (χ0v) is 24.5. The van der Waals surface area contributed by atoms with Gasteiger partial charge in [-0.1, -0.05) is 0 Å².